The van der Waals surface area contributed by atoms with Gasteiger partial charge in [-0.1, -0.05) is 0 Å². The Morgan fingerprint density at radius 2 is 2.09 bits per heavy atom. The molecule has 0 saturated carbocycles. The molecule has 0 unspecified atom stereocenters. The van der Waals surface area contributed by atoms with E-state index in [1.807, 2.05) is 0 Å². The standard InChI is InChI=1S/C20H19BrF2N3O5PS/c21-16-13-9-11(4-5-14(13)33-17(16)20(22,23)32(29,30)31)18(27)24-7-6-12-10-25-15-3-1-2-8-26(15)19(12)28/h4-5,9-10H,1-3,6-8H2,(H,24,27)(H2,29,30,31). The van der Waals surface area contributed by atoms with Crippen LogP contribution in [0.25, 0.3) is 10.1 Å². The molecule has 0 atom stereocenters. The molecule has 1 aliphatic rings. The van der Waals surface area contributed by atoms with Crippen LogP contribution in [0.3, 0.4) is 0 Å². The molecular weight excluding hydrogens is 543 g/mol. The van der Waals surface area contributed by atoms with Crippen molar-refractivity contribution in [3.8, 4) is 0 Å². The van der Waals surface area contributed by atoms with Crippen molar-refractivity contribution in [3.63, 3.8) is 0 Å². The number of amides is 1. The summed E-state index contributed by atoms with van der Waals surface area (Å²) in [6.45, 7) is 0.819. The first kappa shape index (κ1) is 24.2. The zero-order valence-electron chi connectivity index (χ0n) is 17.1. The number of carbonyl (C=O) groups is 1. The quantitative estimate of drug-likeness (QED) is 0.394. The molecule has 0 saturated heterocycles. The highest BCUT2D eigenvalue weighted by Crippen LogP contribution is 2.62. The lowest BCUT2D eigenvalue weighted by Gasteiger charge is -2.17. The van der Waals surface area contributed by atoms with Crippen molar-refractivity contribution in [2.45, 2.75) is 37.9 Å². The maximum absolute atomic E-state index is 14.2. The van der Waals surface area contributed by atoms with Gasteiger partial charge >= 0.3 is 13.3 Å². The number of nitrogens with zero attached hydrogens (tertiary/aromatic N) is 2. The Balaban J connectivity index is 1.49. The number of thiophene rings is 1. The van der Waals surface area contributed by atoms with E-state index in [-0.39, 0.29) is 27.5 Å². The molecule has 3 N–H and O–H groups in total. The molecule has 0 bridgehead atoms. The lowest BCUT2D eigenvalue weighted by molar-refractivity contribution is 0.0595. The van der Waals surface area contributed by atoms with E-state index in [1.165, 1.54) is 18.2 Å². The summed E-state index contributed by atoms with van der Waals surface area (Å²) in [6.07, 6.45) is 4.54. The Morgan fingerprint density at radius 3 is 2.82 bits per heavy atom. The number of benzene rings is 1. The molecule has 1 aromatic carbocycles. The minimum absolute atomic E-state index is 0.101. The normalized spacial score (nSPS) is 14.3. The summed E-state index contributed by atoms with van der Waals surface area (Å²) >= 11 is 3.54. The highest BCUT2D eigenvalue weighted by atomic mass is 79.9. The van der Waals surface area contributed by atoms with Gasteiger partial charge in [-0.05, 0) is 53.4 Å². The smallest absolute Gasteiger partial charge is 0.352 e. The lowest BCUT2D eigenvalue weighted by atomic mass is 10.1. The Bertz CT molecular complexity index is 1350. The molecule has 3 aromatic rings. The van der Waals surface area contributed by atoms with E-state index in [2.05, 4.69) is 26.2 Å². The molecule has 1 aliphatic heterocycles. The van der Waals surface area contributed by atoms with Crippen LogP contribution in [0.2, 0.25) is 0 Å². The second-order valence-electron chi connectivity index (χ2n) is 7.66. The third-order valence-electron chi connectivity index (χ3n) is 5.44. The van der Waals surface area contributed by atoms with E-state index >= 15 is 0 Å². The topological polar surface area (TPSA) is 122 Å². The lowest BCUT2D eigenvalue weighted by Crippen LogP contribution is -2.33. The third-order valence-corrected chi connectivity index (χ3v) is 8.87. The maximum Gasteiger partial charge on any atom is 0.400 e. The van der Waals surface area contributed by atoms with Crippen LogP contribution < -0.4 is 10.9 Å². The molecule has 0 fully saturated rings. The number of rotatable bonds is 6. The van der Waals surface area contributed by atoms with Crippen LogP contribution in [0.4, 0.5) is 8.78 Å². The number of hydrogen-bond donors (Lipinski definition) is 3. The highest BCUT2D eigenvalue weighted by Gasteiger charge is 2.53. The zero-order chi connectivity index (χ0) is 24.0. The number of alkyl halides is 2. The maximum atomic E-state index is 14.2. The summed E-state index contributed by atoms with van der Waals surface area (Å²) < 4.78 is 41.5. The summed E-state index contributed by atoms with van der Waals surface area (Å²) in [4.78, 5) is 46.8. The number of carbonyl (C=O) groups excluding carboxylic acids is 1. The Hall–Kier alpha value is -1.98. The molecule has 0 spiro atoms. The largest absolute Gasteiger partial charge is 0.400 e. The average molecular weight is 562 g/mol. The predicted octanol–water partition coefficient (Wildman–Crippen LogP) is 3.76. The van der Waals surface area contributed by atoms with Gasteiger partial charge in [-0.3, -0.25) is 18.7 Å². The summed E-state index contributed by atoms with van der Waals surface area (Å²) in [5, 5.41) is 2.94. The van der Waals surface area contributed by atoms with Gasteiger partial charge in [0.15, 0.2) is 0 Å². The molecular formula is C20H19BrF2N3O5PS. The first-order chi connectivity index (χ1) is 15.5. The van der Waals surface area contributed by atoms with E-state index < -0.39 is 24.0 Å². The fourth-order valence-corrected chi connectivity index (χ4v) is 6.59. The Labute approximate surface area is 198 Å². The molecule has 176 valence electrons. The Morgan fingerprint density at radius 1 is 1.33 bits per heavy atom. The average Bonchev–Trinajstić information content (AvgIpc) is 3.11. The van der Waals surface area contributed by atoms with Gasteiger partial charge in [0, 0.05) is 51.4 Å². The molecule has 0 aliphatic carbocycles. The van der Waals surface area contributed by atoms with Crippen LogP contribution in [0.15, 0.2) is 33.7 Å². The van der Waals surface area contributed by atoms with Gasteiger partial charge in [-0.25, -0.2) is 4.98 Å². The number of fused-ring (bicyclic) bond motifs is 2. The van der Waals surface area contributed by atoms with E-state index in [9.17, 15) is 22.9 Å². The van der Waals surface area contributed by atoms with Gasteiger partial charge in [-0.2, -0.15) is 8.78 Å². The molecule has 2 aromatic heterocycles. The second-order valence-corrected chi connectivity index (χ2v) is 11.2. The number of aryl methyl sites for hydroxylation is 1. The first-order valence-electron chi connectivity index (χ1n) is 10.0. The van der Waals surface area contributed by atoms with Gasteiger partial charge in [0.05, 0.1) is 0 Å². The molecule has 33 heavy (non-hydrogen) atoms. The molecule has 1 amide bonds. The third kappa shape index (κ3) is 4.54. The fraction of sp³-hybridized carbons (Fsp3) is 0.350. The summed E-state index contributed by atoms with van der Waals surface area (Å²) in [7, 11) is -5.72. The molecule has 8 nitrogen and oxygen atoms in total. The van der Waals surface area contributed by atoms with E-state index in [0.29, 0.717) is 34.6 Å². The summed E-state index contributed by atoms with van der Waals surface area (Å²) in [5.74, 6) is 0.307. The van der Waals surface area contributed by atoms with Crippen molar-refractivity contribution in [1.29, 1.82) is 0 Å². The van der Waals surface area contributed by atoms with Crippen LogP contribution >= 0.6 is 34.9 Å². The van der Waals surface area contributed by atoms with E-state index in [4.69, 9.17) is 9.79 Å². The van der Waals surface area contributed by atoms with Crippen molar-refractivity contribution in [1.82, 2.24) is 14.9 Å². The zero-order valence-corrected chi connectivity index (χ0v) is 20.4. The van der Waals surface area contributed by atoms with Crippen LogP contribution in [-0.2, 0) is 29.6 Å². The summed E-state index contributed by atoms with van der Waals surface area (Å²) in [5.41, 5.74) is -3.76. The monoisotopic (exact) mass is 561 g/mol. The predicted molar refractivity (Wildman–Crippen MR) is 123 cm³/mol. The number of aromatic nitrogens is 2. The van der Waals surface area contributed by atoms with Crippen molar-refractivity contribution in [2.24, 2.45) is 0 Å². The van der Waals surface area contributed by atoms with E-state index in [1.54, 1.807) is 10.8 Å². The van der Waals surface area contributed by atoms with Crippen LogP contribution in [-0.4, -0.2) is 31.8 Å². The second kappa shape index (κ2) is 8.99. The van der Waals surface area contributed by atoms with Gasteiger partial charge in [0.25, 0.3) is 11.5 Å². The minimum Gasteiger partial charge on any atom is -0.352 e. The molecule has 4 rings (SSSR count). The van der Waals surface area contributed by atoms with Crippen molar-refractivity contribution in [3.05, 3.63) is 61.1 Å². The minimum atomic E-state index is -5.72. The van der Waals surface area contributed by atoms with Crippen LogP contribution in [0, 0.1) is 0 Å². The molecule has 3 heterocycles. The van der Waals surface area contributed by atoms with Crippen molar-refractivity contribution < 1.29 is 27.9 Å². The molecule has 0 radical (unpaired) electrons. The first-order valence-corrected chi connectivity index (χ1v) is 13.2. The van der Waals surface area contributed by atoms with Gasteiger partial charge < -0.3 is 15.1 Å². The van der Waals surface area contributed by atoms with Crippen LogP contribution in [0.1, 0.15) is 39.5 Å². The fourth-order valence-electron chi connectivity index (χ4n) is 3.67. The number of halogens is 3. The summed E-state index contributed by atoms with van der Waals surface area (Å²) in [6, 6.07) is 4.26. The SMILES string of the molecule is O=C(NCCc1cnc2n(c1=O)CCCC2)c1ccc2sc(C(F)(F)P(=O)(O)O)c(Br)c2c1. The van der Waals surface area contributed by atoms with E-state index in [0.717, 1.165) is 25.1 Å². The molecule has 13 heteroatoms. The Kier molecular flexibility index (Phi) is 6.58. The number of nitrogens with one attached hydrogen (secondary N) is 1. The van der Waals surface area contributed by atoms with Crippen molar-refractivity contribution in [2.75, 3.05) is 6.54 Å². The number of hydrogen-bond acceptors (Lipinski definition) is 5. The van der Waals surface area contributed by atoms with Crippen LogP contribution in [0.5, 0.6) is 0 Å². The van der Waals surface area contributed by atoms with Gasteiger partial charge in [0.2, 0.25) is 0 Å². The van der Waals surface area contributed by atoms with Crippen molar-refractivity contribution >= 4 is 50.9 Å². The highest BCUT2D eigenvalue weighted by molar-refractivity contribution is 9.10. The van der Waals surface area contributed by atoms with Gasteiger partial charge in [0.1, 0.15) is 10.7 Å². The van der Waals surface area contributed by atoms with Gasteiger partial charge in [-0.15, -0.1) is 11.3 Å².